The minimum absolute atomic E-state index is 0.0131. The number of hydrogen-bond acceptors (Lipinski definition) is 21. The van der Waals surface area contributed by atoms with Gasteiger partial charge < -0.3 is 110 Å². The van der Waals surface area contributed by atoms with Gasteiger partial charge in [0.25, 0.3) is 35.4 Å². The molecule has 0 aliphatic carbocycles. The summed E-state index contributed by atoms with van der Waals surface area (Å²) in [5, 5.41) is 32.3. The zero-order chi connectivity index (χ0) is 93.0. The standard InChI is InChI=1S/C35H41N13O7.C20H26N4O4.C19H23N3O4.C14H19NO3/c1-19(49)24-11-22(15-44(24)3)39-33(53)26-12-21(14-46(26)5)38-29(51)9-8-10-36-32(52)25-13-23(16-45(25)4)40-34(54)30-42-28(18-48(30)7)43-35(55)31-41-27(17-47(31)6)37-20(2)50;1-4-22-18(25)9-14-5-7-15(8-6-14)13-28-19(26)11-23-20(27)17-10-16(21-2)12-24(17)3;1-3-20-17(23)9-14-4-6-15(7-5-14)12-26-18(24)11-22-19(25)16-8-13(2)10-21-16;1-3-14(17)18-10-12-7-5-11(6-8-12)9-13(16)15-4-2/h11-18H,8-10H2,1-7H3,(H,36,52)(H,37,50)(H,38,51)(H,39,53)(H,40,54)(H,43,55);5-8,10,12,21H,4,9,11,13H2,1-3H3,(H,22,25)(H,23,27);4-8,10,21H,3,9,11-12H2,1-2H3,(H,20,23)(H,22,25);5-8H,3-4,9-10H2,1-2H3,(H,15,16). The van der Waals surface area contributed by atoms with Crippen molar-refractivity contribution in [3.8, 4) is 0 Å². The summed E-state index contributed by atoms with van der Waals surface area (Å²) in [5.41, 5.74) is 10.1. The molecular weight excluding hydrogens is 1640 g/mol. The van der Waals surface area contributed by atoms with Gasteiger partial charge in [-0.3, -0.25) is 71.9 Å². The maximum absolute atomic E-state index is 13.1. The number of rotatable bonds is 37. The Balaban J connectivity index is 0.000000257. The average molecular weight is 1750 g/mol. The third-order valence-corrected chi connectivity index (χ3v) is 18.4. The van der Waals surface area contributed by atoms with Crippen molar-refractivity contribution in [2.75, 3.05) is 78.2 Å². The van der Waals surface area contributed by atoms with E-state index in [0.717, 1.165) is 44.6 Å². The summed E-state index contributed by atoms with van der Waals surface area (Å²) < 4.78 is 24.6. The number of carbonyl (C=O) groups excluding carboxylic acids is 15. The molecule has 0 saturated carbocycles. The molecule has 7 heterocycles. The predicted molar refractivity (Wildman–Crippen MR) is 472 cm³/mol. The smallest absolute Gasteiger partial charge is 0.325 e. The van der Waals surface area contributed by atoms with E-state index >= 15 is 0 Å². The summed E-state index contributed by atoms with van der Waals surface area (Å²) in [6.07, 6.45) is 13.0. The highest BCUT2D eigenvalue weighted by molar-refractivity contribution is 6.07. The number of anilines is 6. The van der Waals surface area contributed by atoms with Gasteiger partial charge in [-0.25, -0.2) is 9.97 Å². The highest BCUT2D eigenvalue weighted by Crippen LogP contribution is 2.22. The van der Waals surface area contributed by atoms with Crippen molar-refractivity contribution >= 4 is 123 Å². The molecular formula is C88H109N21O18. The van der Waals surface area contributed by atoms with Crippen LogP contribution in [-0.4, -0.2) is 177 Å². The Morgan fingerprint density at radius 2 is 0.748 bits per heavy atom. The van der Waals surface area contributed by atoms with E-state index < -0.39 is 35.6 Å². The molecule has 39 nitrogen and oxygen atoms in total. The van der Waals surface area contributed by atoms with E-state index in [9.17, 15) is 71.9 Å². The summed E-state index contributed by atoms with van der Waals surface area (Å²) in [6.45, 7) is 14.1. The molecule has 10 rings (SSSR count). The number of esters is 3. The first-order valence-electron chi connectivity index (χ1n) is 40.5. The number of aryl methyl sites for hydroxylation is 7. The van der Waals surface area contributed by atoms with Crippen LogP contribution in [0.1, 0.15) is 173 Å². The van der Waals surface area contributed by atoms with Gasteiger partial charge in [0.1, 0.15) is 55.7 Å². The van der Waals surface area contributed by atoms with Crippen LogP contribution in [0, 0.1) is 6.92 Å². The second-order valence-electron chi connectivity index (χ2n) is 28.9. The number of ketones is 1. The van der Waals surface area contributed by atoms with Crippen LogP contribution in [0.2, 0.25) is 0 Å². The molecule has 0 radical (unpaired) electrons. The predicted octanol–water partition coefficient (Wildman–Crippen LogP) is 6.75. The number of ether oxygens (including phenoxy) is 3. The average Bonchev–Trinajstić information content (AvgIpc) is 1.68. The first-order valence-corrected chi connectivity index (χ1v) is 40.5. The monoisotopic (exact) mass is 1750 g/mol. The second kappa shape index (κ2) is 49.0. The van der Waals surface area contributed by atoms with Crippen LogP contribution >= 0.6 is 0 Å². The van der Waals surface area contributed by atoms with E-state index in [0.29, 0.717) is 91.6 Å². The number of Topliss-reactive ketones (excluding diaryl/α,β-unsaturated/α-hetero) is 1. The number of nitrogens with zero attached hydrogens (tertiary/aromatic N) is 8. The van der Waals surface area contributed by atoms with Crippen molar-refractivity contribution in [2.45, 2.75) is 107 Å². The van der Waals surface area contributed by atoms with Crippen molar-refractivity contribution in [3.63, 3.8) is 0 Å². The topological polar surface area (TPSA) is 499 Å². The number of aromatic amines is 1. The van der Waals surface area contributed by atoms with Gasteiger partial charge in [-0.2, -0.15) is 0 Å². The van der Waals surface area contributed by atoms with E-state index in [4.69, 9.17) is 14.2 Å². The lowest BCUT2D eigenvalue weighted by Gasteiger charge is -2.08. The van der Waals surface area contributed by atoms with E-state index in [1.165, 1.54) is 52.1 Å². The normalized spacial score (nSPS) is 10.4. The van der Waals surface area contributed by atoms with Gasteiger partial charge in [-0.15, -0.1) is 0 Å². The van der Waals surface area contributed by atoms with Gasteiger partial charge in [-0.05, 0) is 103 Å². The van der Waals surface area contributed by atoms with Crippen molar-refractivity contribution in [3.05, 3.63) is 226 Å². The molecule has 11 amide bonds. The molecule has 0 fully saturated rings. The Hall–Kier alpha value is -15.5. The second-order valence-corrected chi connectivity index (χ2v) is 28.9. The van der Waals surface area contributed by atoms with Crippen LogP contribution in [0.3, 0.4) is 0 Å². The fraction of sp³-hybridized carbons (Fsp3) is 0.330. The number of carbonyl (C=O) groups is 15. The van der Waals surface area contributed by atoms with Crippen molar-refractivity contribution < 1.29 is 86.1 Å². The quantitative estimate of drug-likeness (QED) is 0.00828. The maximum Gasteiger partial charge on any atom is 0.325 e. The number of likely N-dealkylation sites (N-methyl/N-ethyl adjacent to an activating group) is 3. The van der Waals surface area contributed by atoms with Crippen LogP contribution in [0.25, 0.3) is 0 Å². The Kier molecular flexibility index (Phi) is 38.0. The number of H-pyrrole nitrogens is 1. The summed E-state index contributed by atoms with van der Waals surface area (Å²) in [7, 11) is 11.7. The van der Waals surface area contributed by atoms with Crippen molar-refractivity contribution in [1.29, 1.82) is 0 Å². The third kappa shape index (κ3) is 32.4. The van der Waals surface area contributed by atoms with E-state index in [1.54, 1.807) is 119 Å². The summed E-state index contributed by atoms with van der Waals surface area (Å²) in [6, 6.07) is 30.1. The van der Waals surface area contributed by atoms with Gasteiger partial charge in [0.2, 0.25) is 41.2 Å². The molecule has 39 heteroatoms. The number of amides is 11. The number of imidazole rings is 2. The van der Waals surface area contributed by atoms with Crippen LogP contribution in [0.15, 0.2) is 147 Å². The Labute approximate surface area is 733 Å². The van der Waals surface area contributed by atoms with Crippen LogP contribution in [0.5, 0.6) is 0 Å². The summed E-state index contributed by atoms with van der Waals surface area (Å²) >= 11 is 0. The molecule has 7 aromatic heterocycles. The van der Waals surface area contributed by atoms with Crippen molar-refractivity contribution in [2.24, 2.45) is 42.3 Å². The van der Waals surface area contributed by atoms with Gasteiger partial charge in [0.15, 0.2) is 17.4 Å². The number of benzene rings is 3. The third-order valence-electron chi connectivity index (χ3n) is 18.4. The van der Waals surface area contributed by atoms with Crippen LogP contribution in [-0.2, 0) is 134 Å². The maximum atomic E-state index is 13.1. The lowest BCUT2D eigenvalue weighted by molar-refractivity contribution is -0.145. The lowest BCUT2D eigenvalue weighted by atomic mass is 10.1. The first kappa shape index (κ1) is 98.6. The Morgan fingerprint density at radius 1 is 0.378 bits per heavy atom. The minimum Gasteiger partial charge on any atom is -0.461 e. The molecule has 127 heavy (non-hydrogen) atoms. The molecule has 0 saturated heterocycles. The molecule has 3 aromatic carbocycles. The highest BCUT2D eigenvalue weighted by Gasteiger charge is 2.24. The molecule has 0 bridgehead atoms. The largest absolute Gasteiger partial charge is 0.461 e. The van der Waals surface area contributed by atoms with Gasteiger partial charge in [-0.1, -0.05) is 79.7 Å². The van der Waals surface area contributed by atoms with E-state index in [2.05, 4.69) is 78.8 Å². The lowest BCUT2D eigenvalue weighted by Crippen LogP contribution is -2.31. The number of nitrogens with one attached hydrogen (secondary N) is 13. The molecule has 674 valence electrons. The molecule has 13 N–H and O–H groups in total. The molecule has 0 atom stereocenters. The fourth-order valence-electron chi connectivity index (χ4n) is 12.0. The molecule has 10 aromatic rings. The number of aromatic nitrogens is 9. The Bertz CT molecular complexity index is 5540. The SMILES string of the molecule is CC(=O)Nc1cn(C)c(C(=O)Nc2cn(C)c(C(=O)Nc3cc(C(=O)NCCCC(=O)Nc4cc(C(=O)Nc5cc(C(C)=O)n(C)c5)n(C)c4)n(C)c3)n2)n1.CCNC(=O)Cc1ccc(COC(=O)CC)cc1.CCNC(=O)Cc1ccc(COC(=O)CNC(=O)c2cc(C)c[nH]2)cc1.CCNC(=O)Cc1ccc(COC(=O)CNC(=O)c2cc(NC)cn2C)cc1. The summed E-state index contributed by atoms with van der Waals surface area (Å²) in [4.78, 5) is 191. The Morgan fingerprint density at radius 3 is 1.15 bits per heavy atom. The zero-order valence-corrected chi connectivity index (χ0v) is 73.4. The summed E-state index contributed by atoms with van der Waals surface area (Å²) in [5.74, 6) is -4.52. The molecule has 0 unspecified atom stereocenters. The minimum atomic E-state index is -0.605. The molecule has 0 aliphatic heterocycles. The van der Waals surface area contributed by atoms with E-state index in [1.807, 2.05) is 100 Å². The van der Waals surface area contributed by atoms with Gasteiger partial charge in [0, 0.05) is 146 Å². The number of hydrogen-bond donors (Lipinski definition) is 13. The zero-order valence-electron chi connectivity index (χ0n) is 73.4. The highest BCUT2D eigenvalue weighted by atomic mass is 16.5. The van der Waals surface area contributed by atoms with Crippen LogP contribution < -0.4 is 63.8 Å². The van der Waals surface area contributed by atoms with Gasteiger partial charge in [0.05, 0.1) is 47.7 Å². The van der Waals surface area contributed by atoms with Crippen molar-refractivity contribution in [1.82, 2.24) is 74.3 Å². The first-order chi connectivity index (χ1) is 60.5. The molecule has 0 spiro atoms. The van der Waals surface area contributed by atoms with Crippen LogP contribution in [0.4, 0.5) is 34.4 Å². The fourth-order valence-corrected chi connectivity index (χ4v) is 12.0. The van der Waals surface area contributed by atoms with E-state index in [-0.39, 0.29) is 128 Å². The van der Waals surface area contributed by atoms with Gasteiger partial charge >= 0.3 is 17.9 Å². The molecule has 0 aliphatic rings.